The summed E-state index contributed by atoms with van der Waals surface area (Å²) in [5.41, 5.74) is -0.525. The number of anilines is 1. The van der Waals surface area contributed by atoms with E-state index in [1.165, 1.54) is 36.2 Å². The number of carbonyl (C=O) groups excluding carboxylic acids is 1. The molecule has 0 unspecified atom stereocenters. The number of alkyl halides is 3. The Labute approximate surface area is 135 Å². The van der Waals surface area contributed by atoms with Crippen LogP contribution in [0.15, 0.2) is 35.6 Å². The van der Waals surface area contributed by atoms with Crippen molar-refractivity contribution in [2.75, 3.05) is 11.6 Å². The predicted molar refractivity (Wildman–Crippen MR) is 82.6 cm³/mol. The van der Waals surface area contributed by atoms with E-state index in [1.807, 2.05) is 6.92 Å². The van der Waals surface area contributed by atoms with Crippen molar-refractivity contribution in [1.82, 2.24) is 9.97 Å². The van der Waals surface area contributed by atoms with E-state index < -0.39 is 17.6 Å². The number of aromatic nitrogens is 2. The number of rotatable bonds is 4. The highest BCUT2D eigenvalue weighted by molar-refractivity contribution is 7.98. The molecule has 0 radical (unpaired) electrons. The Morgan fingerprint density at radius 2 is 2.00 bits per heavy atom. The van der Waals surface area contributed by atoms with Crippen LogP contribution >= 0.6 is 11.8 Å². The molecule has 122 valence electrons. The van der Waals surface area contributed by atoms with E-state index in [9.17, 15) is 18.0 Å². The molecule has 0 atom stereocenters. The smallest absolute Gasteiger partial charge is 0.321 e. The molecule has 0 aliphatic rings. The van der Waals surface area contributed by atoms with Crippen molar-refractivity contribution in [3.63, 3.8) is 0 Å². The Kier molecular flexibility index (Phi) is 5.25. The lowest BCUT2D eigenvalue weighted by Crippen LogP contribution is -2.19. The minimum Gasteiger partial charge on any atom is -0.321 e. The summed E-state index contributed by atoms with van der Waals surface area (Å²) in [6.07, 6.45) is -0.937. The Morgan fingerprint density at radius 1 is 1.30 bits per heavy atom. The highest BCUT2D eigenvalue weighted by Gasteiger charge is 2.33. The number of amides is 1. The summed E-state index contributed by atoms with van der Waals surface area (Å²) >= 11 is 1.33. The summed E-state index contributed by atoms with van der Waals surface area (Å²) in [4.78, 5) is 20.5. The van der Waals surface area contributed by atoms with Crippen LogP contribution in [-0.4, -0.2) is 22.1 Å². The van der Waals surface area contributed by atoms with Crippen molar-refractivity contribution in [3.05, 3.63) is 47.3 Å². The standard InChI is InChI=1S/C15H14F3N3OS/c1-3-11-9(8-19-14(21-11)23-2)13(22)20-12-7-5-4-6-10(12)15(16,17)18/h4-8H,3H2,1-2H3,(H,20,22). The molecule has 2 aromatic rings. The molecule has 0 spiro atoms. The van der Waals surface area contributed by atoms with Crippen LogP contribution in [0.4, 0.5) is 18.9 Å². The number of para-hydroxylation sites is 1. The van der Waals surface area contributed by atoms with Crippen LogP contribution < -0.4 is 5.32 Å². The minimum atomic E-state index is -4.54. The maximum absolute atomic E-state index is 13.0. The van der Waals surface area contributed by atoms with Gasteiger partial charge in [0.2, 0.25) is 0 Å². The molecule has 0 saturated heterocycles. The van der Waals surface area contributed by atoms with Gasteiger partial charge in [0.25, 0.3) is 5.91 Å². The number of nitrogens with one attached hydrogen (secondary N) is 1. The number of benzene rings is 1. The molecular weight excluding hydrogens is 327 g/mol. The second-order valence-corrected chi connectivity index (χ2v) is 5.34. The number of aryl methyl sites for hydroxylation is 1. The third kappa shape index (κ3) is 4.01. The molecule has 1 amide bonds. The first-order valence-electron chi connectivity index (χ1n) is 6.74. The van der Waals surface area contributed by atoms with Crippen LogP contribution in [0.25, 0.3) is 0 Å². The maximum atomic E-state index is 13.0. The van der Waals surface area contributed by atoms with Gasteiger partial charge >= 0.3 is 6.18 Å². The van der Waals surface area contributed by atoms with Gasteiger partial charge in [0.15, 0.2) is 5.16 Å². The number of carbonyl (C=O) groups is 1. The van der Waals surface area contributed by atoms with E-state index in [4.69, 9.17) is 0 Å². The average molecular weight is 341 g/mol. The summed E-state index contributed by atoms with van der Waals surface area (Å²) in [6.45, 7) is 1.81. The van der Waals surface area contributed by atoms with Crippen LogP contribution in [0.5, 0.6) is 0 Å². The third-order valence-corrected chi connectivity index (χ3v) is 3.65. The average Bonchev–Trinajstić information content (AvgIpc) is 2.53. The fourth-order valence-corrected chi connectivity index (χ4v) is 2.34. The highest BCUT2D eigenvalue weighted by Crippen LogP contribution is 2.34. The molecule has 1 heterocycles. The van der Waals surface area contributed by atoms with Gasteiger partial charge in [-0.3, -0.25) is 4.79 Å². The van der Waals surface area contributed by atoms with Crippen molar-refractivity contribution in [2.45, 2.75) is 24.7 Å². The van der Waals surface area contributed by atoms with Crippen molar-refractivity contribution < 1.29 is 18.0 Å². The topological polar surface area (TPSA) is 54.9 Å². The Balaban J connectivity index is 2.34. The van der Waals surface area contributed by atoms with E-state index in [1.54, 1.807) is 6.26 Å². The molecule has 0 fully saturated rings. The van der Waals surface area contributed by atoms with Crippen LogP contribution in [0.1, 0.15) is 28.5 Å². The summed E-state index contributed by atoms with van der Waals surface area (Å²) in [6, 6.07) is 4.83. The van der Waals surface area contributed by atoms with Gasteiger partial charge in [-0.2, -0.15) is 13.2 Å². The lowest BCUT2D eigenvalue weighted by Gasteiger charge is -2.14. The quantitative estimate of drug-likeness (QED) is 0.674. The first-order valence-corrected chi connectivity index (χ1v) is 7.96. The first-order chi connectivity index (χ1) is 10.9. The number of hydrogen-bond donors (Lipinski definition) is 1. The highest BCUT2D eigenvalue weighted by atomic mass is 32.2. The van der Waals surface area contributed by atoms with E-state index in [-0.39, 0.29) is 11.3 Å². The van der Waals surface area contributed by atoms with E-state index in [2.05, 4.69) is 15.3 Å². The second-order valence-electron chi connectivity index (χ2n) is 4.57. The molecule has 0 bridgehead atoms. The summed E-state index contributed by atoms with van der Waals surface area (Å²) in [7, 11) is 0. The number of thioether (sulfide) groups is 1. The van der Waals surface area contributed by atoms with Gasteiger partial charge in [-0.1, -0.05) is 30.8 Å². The summed E-state index contributed by atoms with van der Waals surface area (Å²) < 4.78 is 38.9. The van der Waals surface area contributed by atoms with Crippen LogP contribution in [-0.2, 0) is 12.6 Å². The molecule has 23 heavy (non-hydrogen) atoms. The van der Waals surface area contributed by atoms with Gasteiger partial charge in [-0.15, -0.1) is 0 Å². The maximum Gasteiger partial charge on any atom is 0.418 e. The summed E-state index contributed by atoms with van der Waals surface area (Å²) in [5.74, 6) is -0.661. The second kappa shape index (κ2) is 6.99. The van der Waals surface area contributed by atoms with Gasteiger partial charge < -0.3 is 5.32 Å². The lowest BCUT2D eigenvalue weighted by molar-refractivity contribution is -0.136. The van der Waals surface area contributed by atoms with Gasteiger partial charge in [-0.25, -0.2) is 9.97 Å². The van der Waals surface area contributed by atoms with Crippen LogP contribution in [0.2, 0.25) is 0 Å². The monoisotopic (exact) mass is 341 g/mol. The molecule has 0 saturated carbocycles. The zero-order chi connectivity index (χ0) is 17.0. The third-order valence-electron chi connectivity index (χ3n) is 3.09. The molecule has 4 nitrogen and oxygen atoms in total. The van der Waals surface area contributed by atoms with Crippen molar-refractivity contribution in [3.8, 4) is 0 Å². The molecule has 1 aromatic heterocycles. The molecule has 8 heteroatoms. The molecule has 0 aliphatic heterocycles. The van der Waals surface area contributed by atoms with E-state index in [0.717, 1.165) is 6.07 Å². The van der Waals surface area contributed by atoms with Crippen molar-refractivity contribution in [1.29, 1.82) is 0 Å². The molecule has 2 rings (SSSR count). The molecule has 0 aliphatic carbocycles. The van der Waals surface area contributed by atoms with Crippen molar-refractivity contribution in [2.24, 2.45) is 0 Å². The fourth-order valence-electron chi connectivity index (χ4n) is 1.99. The molecule has 1 N–H and O–H groups in total. The zero-order valence-electron chi connectivity index (χ0n) is 12.4. The Morgan fingerprint density at radius 3 is 2.61 bits per heavy atom. The van der Waals surface area contributed by atoms with E-state index in [0.29, 0.717) is 17.3 Å². The van der Waals surface area contributed by atoms with Gasteiger partial charge in [0.05, 0.1) is 22.5 Å². The van der Waals surface area contributed by atoms with Gasteiger partial charge in [0, 0.05) is 6.20 Å². The molecule has 1 aromatic carbocycles. The summed E-state index contributed by atoms with van der Waals surface area (Å²) in [5, 5.41) is 2.81. The Hall–Kier alpha value is -2.09. The van der Waals surface area contributed by atoms with Crippen LogP contribution in [0, 0.1) is 0 Å². The molecular formula is C15H14F3N3OS. The van der Waals surface area contributed by atoms with Gasteiger partial charge in [0.1, 0.15) is 0 Å². The number of nitrogens with zero attached hydrogens (tertiary/aromatic N) is 2. The SMILES string of the molecule is CCc1nc(SC)ncc1C(=O)Nc1ccccc1C(F)(F)F. The zero-order valence-corrected chi connectivity index (χ0v) is 13.3. The van der Waals surface area contributed by atoms with Gasteiger partial charge in [-0.05, 0) is 24.8 Å². The number of hydrogen-bond acceptors (Lipinski definition) is 4. The minimum absolute atomic E-state index is 0.169. The Bertz CT molecular complexity index is 719. The lowest BCUT2D eigenvalue weighted by atomic mass is 10.1. The normalized spacial score (nSPS) is 11.3. The predicted octanol–water partition coefficient (Wildman–Crippen LogP) is 4.03. The van der Waals surface area contributed by atoms with E-state index >= 15 is 0 Å². The first kappa shape index (κ1) is 17.3. The van der Waals surface area contributed by atoms with Crippen LogP contribution in [0.3, 0.4) is 0 Å². The van der Waals surface area contributed by atoms with Crippen molar-refractivity contribution >= 4 is 23.4 Å². The largest absolute Gasteiger partial charge is 0.418 e. The fraction of sp³-hybridized carbons (Fsp3) is 0.267. The number of halogens is 3.